The standard InChI is InChI=1S/C15H16N2O2/c16-10-13-5-3-12(4-6-13)7-8-15(19)17-9-1-2-14(17)11-18/h3-8,14,18H,1-2,9,11H2/t14-/m1/s1. The van der Waals surface area contributed by atoms with Crippen molar-refractivity contribution in [2.75, 3.05) is 13.2 Å². The van der Waals surface area contributed by atoms with Crippen molar-refractivity contribution in [2.24, 2.45) is 0 Å². The molecular formula is C15H16N2O2. The third kappa shape index (κ3) is 3.21. The summed E-state index contributed by atoms with van der Waals surface area (Å²) in [6.45, 7) is 0.734. The summed E-state index contributed by atoms with van der Waals surface area (Å²) >= 11 is 0. The van der Waals surface area contributed by atoms with Crippen molar-refractivity contribution in [3.05, 3.63) is 41.5 Å². The molecular weight excluding hydrogens is 240 g/mol. The Labute approximate surface area is 112 Å². The van der Waals surface area contributed by atoms with Crippen molar-refractivity contribution >= 4 is 12.0 Å². The molecule has 0 saturated carbocycles. The van der Waals surface area contributed by atoms with Crippen LogP contribution in [0.5, 0.6) is 0 Å². The van der Waals surface area contributed by atoms with E-state index in [9.17, 15) is 9.90 Å². The van der Waals surface area contributed by atoms with Gasteiger partial charge in [0.2, 0.25) is 5.91 Å². The molecule has 1 aliphatic rings. The zero-order valence-corrected chi connectivity index (χ0v) is 10.6. The summed E-state index contributed by atoms with van der Waals surface area (Å²) < 4.78 is 0. The molecule has 98 valence electrons. The second kappa shape index (κ2) is 6.17. The molecule has 0 bridgehead atoms. The molecule has 0 radical (unpaired) electrons. The van der Waals surface area contributed by atoms with Crippen LogP contribution in [0.1, 0.15) is 24.0 Å². The highest BCUT2D eigenvalue weighted by atomic mass is 16.3. The third-order valence-corrected chi connectivity index (χ3v) is 3.33. The number of aliphatic hydroxyl groups excluding tert-OH is 1. The number of rotatable bonds is 3. The van der Waals surface area contributed by atoms with Crippen molar-refractivity contribution in [3.63, 3.8) is 0 Å². The van der Waals surface area contributed by atoms with Crippen LogP contribution >= 0.6 is 0 Å². The van der Waals surface area contributed by atoms with Crippen LogP contribution in [0.25, 0.3) is 6.08 Å². The first-order valence-electron chi connectivity index (χ1n) is 6.34. The van der Waals surface area contributed by atoms with E-state index in [1.807, 2.05) is 0 Å². The second-order valence-electron chi connectivity index (χ2n) is 4.58. The average Bonchev–Trinajstić information content (AvgIpc) is 2.93. The fourth-order valence-corrected chi connectivity index (χ4v) is 2.25. The lowest BCUT2D eigenvalue weighted by atomic mass is 10.1. The van der Waals surface area contributed by atoms with E-state index in [0.717, 1.165) is 18.4 Å². The molecule has 1 aromatic carbocycles. The van der Waals surface area contributed by atoms with Gasteiger partial charge in [-0.2, -0.15) is 5.26 Å². The van der Waals surface area contributed by atoms with Gasteiger partial charge in [-0.25, -0.2) is 0 Å². The number of aliphatic hydroxyl groups is 1. The first-order chi connectivity index (χ1) is 9.24. The van der Waals surface area contributed by atoms with Gasteiger partial charge in [0, 0.05) is 12.6 Å². The van der Waals surface area contributed by atoms with E-state index in [-0.39, 0.29) is 18.6 Å². The van der Waals surface area contributed by atoms with Gasteiger partial charge in [-0.3, -0.25) is 4.79 Å². The summed E-state index contributed by atoms with van der Waals surface area (Å²) in [5.74, 6) is -0.0686. The Morgan fingerprint density at radius 2 is 2.21 bits per heavy atom. The number of carbonyl (C=O) groups is 1. The van der Waals surface area contributed by atoms with E-state index in [1.54, 1.807) is 35.2 Å². The van der Waals surface area contributed by atoms with E-state index < -0.39 is 0 Å². The number of benzene rings is 1. The summed E-state index contributed by atoms with van der Waals surface area (Å²) in [6.07, 6.45) is 5.07. The first-order valence-corrected chi connectivity index (χ1v) is 6.34. The zero-order valence-electron chi connectivity index (χ0n) is 10.6. The van der Waals surface area contributed by atoms with E-state index in [2.05, 4.69) is 6.07 Å². The highest BCUT2D eigenvalue weighted by Crippen LogP contribution is 2.17. The monoisotopic (exact) mass is 256 g/mol. The Bertz CT molecular complexity index is 514. The van der Waals surface area contributed by atoms with Gasteiger partial charge in [0.15, 0.2) is 0 Å². The first kappa shape index (κ1) is 13.3. The summed E-state index contributed by atoms with van der Waals surface area (Å²) in [6, 6.07) is 9.05. The van der Waals surface area contributed by atoms with Crippen molar-refractivity contribution in [1.29, 1.82) is 5.26 Å². The average molecular weight is 256 g/mol. The van der Waals surface area contributed by atoms with Crippen molar-refractivity contribution in [3.8, 4) is 6.07 Å². The van der Waals surface area contributed by atoms with Crippen LogP contribution in [0.2, 0.25) is 0 Å². The molecule has 4 nitrogen and oxygen atoms in total. The van der Waals surface area contributed by atoms with Crippen molar-refractivity contribution in [1.82, 2.24) is 4.90 Å². The lowest BCUT2D eigenvalue weighted by molar-refractivity contribution is -0.127. The number of likely N-dealkylation sites (tertiary alicyclic amines) is 1. The van der Waals surface area contributed by atoms with Crippen LogP contribution in [0, 0.1) is 11.3 Å². The van der Waals surface area contributed by atoms with E-state index in [1.165, 1.54) is 6.08 Å². The van der Waals surface area contributed by atoms with E-state index >= 15 is 0 Å². The Morgan fingerprint density at radius 3 is 2.84 bits per heavy atom. The van der Waals surface area contributed by atoms with Gasteiger partial charge in [-0.15, -0.1) is 0 Å². The molecule has 1 saturated heterocycles. The van der Waals surface area contributed by atoms with Gasteiger partial charge >= 0.3 is 0 Å². The summed E-state index contributed by atoms with van der Waals surface area (Å²) in [7, 11) is 0. The SMILES string of the molecule is N#Cc1ccc(C=CC(=O)N2CCC[C@@H]2CO)cc1. The lowest BCUT2D eigenvalue weighted by Crippen LogP contribution is -2.36. The largest absolute Gasteiger partial charge is 0.394 e. The van der Waals surface area contributed by atoms with Crippen LogP contribution in [0.15, 0.2) is 30.3 Å². The zero-order chi connectivity index (χ0) is 13.7. The molecule has 0 aromatic heterocycles. The van der Waals surface area contributed by atoms with Crippen molar-refractivity contribution < 1.29 is 9.90 Å². The fraction of sp³-hybridized carbons (Fsp3) is 0.333. The minimum absolute atomic E-state index is 0.0243. The predicted octanol–water partition coefficient (Wildman–Crippen LogP) is 1.55. The highest BCUT2D eigenvalue weighted by Gasteiger charge is 2.26. The molecule has 1 fully saturated rings. The van der Waals surface area contributed by atoms with Gasteiger partial charge in [-0.1, -0.05) is 12.1 Å². The van der Waals surface area contributed by atoms with Crippen LogP contribution < -0.4 is 0 Å². The molecule has 0 spiro atoms. The molecule has 0 aliphatic carbocycles. The summed E-state index contributed by atoms with van der Waals surface area (Å²) in [4.78, 5) is 13.7. The van der Waals surface area contributed by atoms with Crippen molar-refractivity contribution in [2.45, 2.75) is 18.9 Å². The van der Waals surface area contributed by atoms with Crippen LogP contribution in [-0.4, -0.2) is 35.1 Å². The molecule has 1 aromatic rings. The maximum atomic E-state index is 12.0. The maximum absolute atomic E-state index is 12.0. The predicted molar refractivity (Wildman–Crippen MR) is 72.0 cm³/mol. The minimum Gasteiger partial charge on any atom is -0.394 e. The Morgan fingerprint density at radius 1 is 1.47 bits per heavy atom. The van der Waals surface area contributed by atoms with Gasteiger partial charge in [-0.05, 0) is 36.6 Å². The van der Waals surface area contributed by atoms with E-state index in [4.69, 9.17) is 5.26 Å². The number of nitriles is 1. The fourth-order valence-electron chi connectivity index (χ4n) is 2.25. The van der Waals surface area contributed by atoms with Crippen LogP contribution in [-0.2, 0) is 4.79 Å². The molecule has 1 atom stereocenters. The van der Waals surface area contributed by atoms with Gasteiger partial charge in [0.25, 0.3) is 0 Å². The van der Waals surface area contributed by atoms with Gasteiger partial charge in [0.1, 0.15) is 0 Å². The number of amides is 1. The normalized spacial score (nSPS) is 18.7. The molecule has 0 unspecified atom stereocenters. The molecule has 4 heteroatoms. The number of nitrogens with zero attached hydrogens (tertiary/aromatic N) is 2. The summed E-state index contributed by atoms with van der Waals surface area (Å²) in [5.41, 5.74) is 1.48. The topological polar surface area (TPSA) is 64.3 Å². The Hall–Kier alpha value is -2.12. The molecule has 1 aliphatic heterocycles. The van der Waals surface area contributed by atoms with Gasteiger partial charge in [0.05, 0.1) is 24.3 Å². The number of hydrogen-bond donors (Lipinski definition) is 1. The smallest absolute Gasteiger partial charge is 0.246 e. The molecule has 1 heterocycles. The van der Waals surface area contributed by atoms with Gasteiger partial charge < -0.3 is 10.0 Å². The minimum atomic E-state index is -0.0686. The summed E-state index contributed by atoms with van der Waals surface area (Å²) in [5, 5.41) is 17.9. The third-order valence-electron chi connectivity index (χ3n) is 3.33. The number of hydrogen-bond acceptors (Lipinski definition) is 3. The van der Waals surface area contributed by atoms with Crippen LogP contribution in [0.4, 0.5) is 0 Å². The second-order valence-corrected chi connectivity index (χ2v) is 4.58. The number of carbonyl (C=O) groups excluding carboxylic acids is 1. The quantitative estimate of drug-likeness (QED) is 0.835. The van der Waals surface area contributed by atoms with Crippen LogP contribution in [0.3, 0.4) is 0 Å². The highest BCUT2D eigenvalue weighted by molar-refractivity contribution is 5.92. The molecule has 1 N–H and O–H groups in total. The van der Waals surface area contributed by atoms with E-state index in [0.29, 0.717) is 12.1 Å². The Balaban J connectivity index is 2.01. The molecule has 1 amide bonds. The maximum Gasteiger partial charge on any atom is 0.246 e. The molecule has 19 heavy (non-hydrogen) atoms. The Kier molecular flexibility index (Phi) is 4.32. The lowest BCUT2D eigenvalue weighted by Gasteiger charge is -2.21. The molecule has 2 rings (SSSR count).